The summed E-state index contributed by atoms with van der Waals surface area (Å²) in [5.74, 6) is -4.58. The van der Waals surface area contributed by atoms with Crippen LogP contribution in [0.15, 0.2) is 36.5 Å². The summed E-state index contributed by atoms with van der Waals surface area (Å²) in [5, 5.41) is 16.8. The molecule has 3 N–H and O–H groups in total. The van der Waals surface area contributed by atoms with Crippen molar-refractivity contribution in [3.05, 3.63) is 53.6 Å². The van der Waals surface area contributed by atoms with Crippen LogP contribution in [0.25, 0.3) is 11.1 Å². The number of rotatable bonds is 7. The number of aromatic nitrogens is 4. The predicted octanol–water partition coefficient (Wildman–Crippen LogP) is 4.47. The van der Waals surface area contributed by atoms with Gasteiger partial charge in [-0.3, -0.25) is 19.4 Å². The number of hydrogen-bond donors (Lipinski definition) is 3. The van der Waals surface area contributed by atoms with Gasteiger partial charge in [-0.05, 0) is 63.3 Å². The normalized spacial score (nSPS) is 18.1. The second kappa shape index (κ2) is 9.97. The number of aromatic amines is 1. The number of anilines is 1. The Bertz CT molecular complexity index is 1180. The molecule has 2 atom stereocenters. The van der Waals surface area contributed by atoms with E-state index in [1.165, 1.54) is 10.9 Å². The summed E-state index contributed by atoms with van der Waals surface area (Å²) in [6.07, 6.45) is 1.56. The van der Waals surface area contributed by atoms with Crippen molar-refractivity contribution in [1.29, 1.82) is 0 Å². The van der Waals surface area contributed by atoms with Crippen LogP contribution in [0.5, 0.6) is 0 Å². The molecule has 1 aliphatic rings. The summed E-state index contributed by atoms with van der Waals surface area (Å²) in [4.78, 5) is 26.2. The monoisotopic (exact) mass is 484 g/mol. The molecule has 2 amide bonds. The topological polar surface area (TPSA) is 105 Å². The van der Waals surface area contributed by atoms with Gasteiger partial charge in [-0.2, -0.15) is 10.2 Å². The molecule has 186 valence electrons. The van der Waals surface area contributed by atoms with Crippen LogP contribution in [0.2, 0.25) is 0 Å². The van der Waals surface area contributed by atoms with Crippen LogP contribution in [-0.4, -0.2) is 43.8 Å². The van der Waals surface area contributed by atoms with Crippen LogP contribution < -0.4 is 10.6 Å². The lowest BCUT2D eigenvalue weighted by Gasteiger charge is -2.34. The minimum absolute atomic E-state index is 0.206. The van der Waals surface area contributed by atoms with Crippen molar-refractivity contribution >= 4 is 17.5 Å². The number of nitrogens with zero attached hydrogens (tertiary/aromatic N) is 3. The van der Waals surface area contributed by atoms with Crippen LogP contribution in [0, 0.1) is 19.8 Å². The van der Waals surface area contributed by atoms with Crippen molar-refractivity contribution in [3.8, 4) is 11.1 Å². The summed E-state index contributed by atoms with van der Waals surface area (Å²) in [7, 11) is 0. The quantitative estimate of drug-likeness (QED) is 0.460. The zero-order valence-electron chi connectivity index (χ0n) is 20.1. The van der Waals surface area contributed by atoms with E-state index in [-0.39, 0.29) is 12.1 Å². The molecule has 3 aromatic rings. The molecule has 10 heteroatoms. The van der Waals surface area contributed by atoms with Crippen LogP contribution in [0.1, 0.15) is 54.5 Å². The molecule has 0 unspecified atom stereocenters. The van der Waals surface area contributed by atoms with Gasteiger partial charge in [0.05, 0.1) is 5.69 Å². The highest BCUT2D eigenvalue weighted by molar-refractivity contribution is 6.00. The first kappa shape index (κ1) is 24.6. The fourth-order valence-electron chi connectivity index (χ4n) is 4.80. The summed E-state index contributed by atoms with van der Waals surface area (Å²) < 4.78 is 29.9. The van der Waals surface area contributed by atoms with E-state index in [1.54, 1.807) is 18.2 Å². The third-order valence-corrected chi connectivity index (χ3v) is 6.54. The lowest BCUT2D eigenvalue weighted by molar-refractivity contribution is -0.121. The average Bonchev–Trinajstić information content (AvgIpc) is 3.43. The minimum atomic E-state index is -2.86. The van der Waals surface area contributed by atoms with E-state index in [0.29, 0.717) is 25.1 Å². The first-order valence-electron chi connectivity index (χ1n) is 11.8. The third-order valence-electron chi connectivity index (χ3n) is 6.54. The molecule has 0 saturated heterocycles. The van der Waals surface area contributed by atoms with Crippen molar-refractivity contribution in [3.63, 3.8) is 0 Å². The molecule has 0 spiro atoms. The first-order chi connectivity index (χ1) is 16.7. The van der Waals surface area contributed by atoms with Gasteiger partial charge in [-0.25, -0.2) is 8.78 Å². The molecule has 1 fully saturated rings. The van der Waals surface area contributed by atoms with Crippen LogP contribution in [0.4, 0.5) is 14.5 Å². The van der Waals surface area contributed by atoms with Crippen molar-refractivity contribution in [1.82, 2.24) is 25.3 Å². The van der Waals surface area contributed by atoms with Crippen LogP contribution >= 0.6 is 0 Å². The SMILES string of the molecule is CCn1nccc1C(=O)N[C@H](C(=O)Nc1ccc(-c2c(C)n[nH]c2C)cc1)[C@H]1CCCC(F)(F)C1. The zero-order chi connectivity index (χ0) is 25.2. The molecule has 2 heterocycles. The van der Waals surface area contributed by atoms with Gasteiger partial charge in [0.1, 0.15) is 11.7 Å². The third kappa shape index (κ3) is 5.41. The lowest BCUT2D eigenvalue weighted by Crippen LogP contribution is -2.51. The Morgan fingerprint density at radius 3 is 2.60 bits per heavy atom. The van der Waals surface area contributed by atoms with Gasteiger partial charge >= 0.3 is 0 Å². The Hall–Kier alpha value is -3.56. The minimum Gasteiger partial charge on any atom is -0.339 e. The van der Waals surface area contributed by atoms with Gasteiger partial charge in [0, 0.05) is 42.5 Å². The Morgan fingerprint density at radius 1 is 1.23 bits per heavy atom. The largest absolute Gasteiger partial charge is 0.339 e. The molecule has 0 bridgehead atoms. The van der Waals surface area contributed by atoms with Gasteiger partial charge in [0.25, 0.3) is 5.91 Å². The lowest BCUT2D eigenvalue weighted by atomic mass is 9.81. The molecule has 1 aliphatic carbocycles. The Morgan fingerprint density at radius 2 is 1.97 bits per heavy atom. The number of aryl methyl sites for hydroxylation is 3. The highest BCUT2D eigenvalue weighted by atomic mass is 19.3. The Balaban J connectivity index is 1.54. The fraction of sp³-hybridized carbons (Fsp3) is 0.440. The summed E-state index contributed by atoms with van der Waals surface area (Å²) >= 11 is 0. The van der Waals surface area contributed by atoms with Crippen molar-refractivity contribution in [2.75, 3.05) is 5.32 Å². The molecule has 2 aromatic heterocycles. The standard InChI is InChI=1S/C25H30F2N6O2/c1-4-33-20(11-13-28-33)23(34)30-22(18-6-5-12-25(26,27)14-18)24(35)29-19-9-7-17(8-10-19)21-15(2)31-32-16(21)3/h7-11,13,18,22H,4-6,12,14H2,1-3H3,(H,29,35)(H,30,34)(H,31,32)/t18-,22-/m0/s1. The van der Waals surface area contributed by atoms with Gasteiger partial charge in [-0.1, -0.05) is 12.1 Å². The Kier molecular flexibility index (Phi) is 7.00. The smallest absolute Gasteiger partial charge is 0.270 e. The average molecular weight is 485 g/mol. The highest BCUT2D eigenvalue weighted by Gasteiger charge is 2.42. The maximum Gasteiger partial charge on any atom is 0.270 e. The van der Waals surface area contributed by atoms with Crippen LogP contribution in [0.3, 0.4) is 0 Å². The molecular weight excluding hydrogens is 454 g/mol. The zero-order valence-corrected chi connectivity index (χ0v) is 20.1. The van der Waals surface area contributed by atoms with E-state index in [1.807, 2.05) is 32.9 Å². The van der Waals surface area contributed by atoms with Gasteiger partial charge in [0.2, 0.25) is 11.8 Å². The number of carbonyl (C=O) groups excluding carboxylic acids is 2. The summed E-state index contributed by atoms with van der Waals surface area (Å²) in [6.45, 7) is 6.15. The van der Waals surface area contributed by atoms with Crippen molar-refractivity contribution in [2.45, 2.75) is 65.0 Å². The molecule has 4 rings (SSSR count). The number of benzene rings is 1. The van der Waals surface area contributed by atoms with E-state index in [9.17, 15) is 18.4 Å². The van der Waals surface area contributed by atoms with Crippen LogP contribution in [-0.2, 0) is 11.3 Å². The molecule has 8 nitrogen and oxygen atoms in total. The predicted molar refractivity (Wildman–Crippen MR) is 128 cm³/mol. The van der Waals surface area contributed by atoms with Crippen molar-refractivity contribution < 1.29 is 18.4 Å². The summed E-state index contributed by atoms with van der Waals surface area (Å²) in [5.41, 5.74) is 4.53. The van der Waals surface area contributed by atoms with E-state index in [2.05, 4.69) is 25.9 Å². The maximum atomic E-state index is 14.2. The number of carbonyl (C=O) groups is 2. The molecule has 0 radical (unpaired) electrons. The number of hydrogen-bond acceptors (Lipinski definition) is 4. The number of amides is 2. The number of alkyl halides is 2. The fourth-order valence-corrected chi connectivity index (χ4v) is 4.80. The van der Waals surface area contributed by atoms with Crippen molar-refractivity contribution in [2.24, 2.45) is 5.92 Å². The number of halogens is 2. The second-order valence-corrected chi connectivity index (χ2v) is 9.07. The number of nitrogens with one attached hydrogen (secondary N) is 3. The maximum absolute atomic E-state index is 14.2. The first-order valence-corrected chi connectivity index (χ1v) is 11.8. The van der Waals surface area contributed by atoms with E-state index in [0.717, 1.165) is 22.5 Å². The molecular formula is C25H30F2N6O2. The van der Waals surface area contributed by atoms with E-state index >= 15 is 0 Å². The van der Waals surface area contributed by atoms with E-state index in [4.69, 9.17) is 0 Å². The highest BCUT2D eigenvalue weighted by Crippen LogP contribution is 2.38. The number of H-pyrrole nitrogens is 1. The Labute approximate surface area is 202 Å². The molecule has 35 heavy (non-hydrogen) atoms. The van der Waals surface area contributed by atoms with Gasteiger partial charge < -0.3 is 10.6 Å². The second-order valence-electron chi connectivity index (χ2n) is 9.07. The van der Waals surface area contributed by atoms with Gasteiger partial charge in [0.15, 0.2) is 0 Å². The summed E-state index contributed by atoms with van der Waals surface area (Å²) in [6, 6.07) is 7.67. The molecule has 0 aliphatic heterocycles. The molecule has 1 saturated carbocycles. The van der Waals surface area contributed by atoms with E-state index < -0.39 is 36.1 Å². The molecule has 1 aromatic carbocycles. The van der Waals surface area contributed by atoms with Gasteiger partial charge in [-0.15, -0.1) is 0 Å².